The van der Waals surface area contributed by atoms with Crippen molar-refractivity contribution in [3.05, 3.63) is 105 Å². The summed E-state index contributed by atoms with van der Waals surface area (Å²) in [5.74, 6) is -3.21. The highest BCUT2D eigenvalue weighted by molar-refractivity contribution is 6.36. The van der Waals surface area contributed by atoms with Crippen molar-refractivity contribution in [2.24, 2.45) is 0 Å². The lowest BCUT2D eigenvalue weighted by Crippen LogP contribution is -2.30. The van der Waals surface area contributed by atoms with Gasteiger partial charge in [-0.25, -0.2) is 9.59 Å². The number of aromatic hydroxyl groups is 2. The van der Waals surface area contributed by atoms with Gasteiger partial charge >= 0.3 is 11.9 Å². The first-order chi connectivity index (χ1) is 17.5. The maximum absolute atomic E-state index is 12.4. The summed E-state index contributed by atoms with van der Waals surface area (Å²) in [7, 11) is 0. The molecule has 5 rings (SSSR count). The first-order valence-corrected chi connectivity index (χ1v) is 11.8. The van der Waals surface area contributed by atoms with Crippen LogP contribution in [0.5, 0.6) is 23.0 Å². The molecular formula is C27H15Cl3O7. The second-order valence-corrected chi connectivity index (χ2v) is 9.66. The van der Waals surface area contributed by atoms with Crippen LogP contribution in [0.4, 0.5) is 0 Å². The van der Waals surface area contributed by atoms with Crippen molar-refractivity contribution in [1.29, 1.82) is 0 Å². The Morgan fingerprint density at radius 1 is 0.730 bits per heavy atom. The van der Waals surface area contributed by atoms with E-state index in [9.17, 15) is 30.0 Å². The molecule has 7 nitrogen and oxygen atoms in total. The Bertz CT molecular complexity index is 1620. The number of hydrogen-bond acceptors (Lipinski definition) is 5. The number of phenols is 2. The quantitative estimate of drug-likeness (QED) is 0.197. The third-order valence-electron chi connectivity index (χ3n) is 6.12. The number of ether oxygens (including phenoxy) is 1. The molecule has 1 aliphatic heterocycles. The average molecular weight is 558 g/mol. The molecule has 0 bridgehead atoms. The number of hydrogen-bond donors (Lipinski definition) is 4. The number of aromatic carboxylic acids is 2. The molecule has 0 saturated carbocycles. The lowest BCUT2D eigenvalue weighted by molar-refractivity contribution is 0.0680. The molecular weight excluding hydrogens is 543 g/mol. The third-order valence-corrected chi connectivity index (χ3v) is 7.33. The highest BCUT2D eigenvalue weighted by atomic mass is 35.5. The van der Waals surface area contributed by atoms with Crippen LogP contribution in [0.2, 0.25) is 10.0 Å². The third kappa shape index (κ3) is 3.92. The number of rotatable bonds is 4. The molecule has 4 aromatic carbocycles. The Kier molecular flexibility index (Phi) is 5.95. The van der Waals surface area contributed by atoms with E-state index in [1.54, 1.807) is 30.3 Å². The minimum atomic E-state index is -1.92. The van der Waals surface area contributed by atoms with Gasteiger partial charge in [0.1, 0.15) is 27.9 Å². The number of carboxylic acids is 2. The van der Waals surface area contributed by atoms with Gasteiger partial charge in [0, 0.05) is 28.8 Å². The minimum Gasteiger partial charge on any atom is -0.507 e. The molecule has 0 aliphatic carbocycles. The summed E-state index contributed by atoms with van der Waals surface area (Å²) in [6, 6.07) is 16.4. The minimum absolute atomic E-state index is 0.0180. The van der Waals surface area contributed by atoms with Gasteiger partial charge in [0.2, 0.25) is 0 Å². The van der Waals surface area contributed by atoms with Gasteiger partial charge in [-0.1, -0.05) is 53.5 Å². The summed E-state index contributed by atoms with van der Waals surface area (Å²) in [6.45, 7) is 0. The van der Waals surface area contributed by atoms with Crippen molar-refractivity contribution in [2.75, 3.05) is 0 Å². The number of phenolic OH excluding ortho intramolecular Hbond substituents is 2. The normalized spacial score (nSPS) is 15.9. The van der Waals surface area contributed by atoms with Crippen molar-refractivity contribution < 1.29 is 34.8 Å². The van der Waals surface area contributed by atoms with Crippen LogP contribution in [-0.4, -0.2) is 32.4 Å². The van der Waals surface area contributed by atoms with Crippen LogP contribution in [0.25, 0.3) is 11.1 Å². The van der Waals surface area contributed by atoms with Gasteiger partial charge in [0.05, 0.1) is 21.2 Å². The summed E-state index contributed by atoms with van der Waals surface area (Å²) in [6.07, 6.45) is 0. The van der Waals surface area contributed by atoms with Crippen molar-refractivity contribution in [3.8, 4) is 34.1 Å². The predicted molar refractivity (Wildman–Crippen MR) is 138 cm³/mol. The summed E-state index contributed by atoms with van der Waals surface area (Å²) >= 11 is 19.9. The van der Waals surface area contributed by atoms with Crippen LogP contribution in [-0.2, 0) is 4.87 Å². The van der Waals surface area contributed by atoms with Crippen LogP contribution >= 0.6 is 34.8 Å². The SMILES string of the molecule is O=C(O)c1cc(Cl)c(C(=O)O)c(C2(Cl)c3cc(Cl)c(O)cc3Oc3cc(O)c(-c4ccccc4)cc32)c1. The van der Waals surface area contributed by atoms with E-state index >= 15 is 0 Å². The molecule has 0 radical (unpaired) electrons. The Morgan fingerprint density at radius 3 is 1.97 bits per heavy atom. The molecule has 0 saturated heterocycles. The lowest BCUT2D eigenvalue weighted by Gasteiger charge is -2.37. The second kappa shape index (κ2) is 8.88. The maximum atomic E-state index is 12.4. The van der Waals surface area contributed by atoms with E-state index in [4.69, 9.17) is 39.5 Å². The van der Waals surface area contributed by atoms with Gasteiger partial charge in [0.15, 0.2) is 0 Å². The summed E-state index contributed by atoms with van der Waals surface area (Å²) in [5, 5.41) is 40.3. The Hall–Kier alpha value is -3.91. The second-order valence-electron chi connectivity index (χ2n) is 8.28. The summed E-state index contributed by atoms with van der Waals surface area (Å²) < 4.78 is 5.95. The van der Waals surface area contributed by atoms with E-state index in [0.29, 0.717) is 11.1 Å². The number of alkyl halides is 1. The average Bonchev–Trinajstić information content (AvgIpc) is 2.85. The highest BCUT2D eigenvalue weighted by Crippen LogP contribution is 2.58. The number of carboxylic acid groups (broad SMARTS) is 2. The van der Waals surface area contributed by atoms with Gasteiger partial charge in [-0.2, -0.15) is 0 Å². The monoisotopic (exact) mass is 556 g/mol. The first-order valence-electron chi connectivity index (χ1n) is 10.7. The van der Waals surface area contributed by atoms with Crippen molar-refractivity contribution in [1.82, 2.24) is 0 Å². The molecule has 4 aromatic rings. The van der Waals surface area contributed by atoms with Gasteiger partial charge in [-0.15, -0.1) is 11.6 Å². The fraction of sp³-hybridized carbons (Fsp3) is 0.0370. The maximum Gasteiger partial charge on any atom is 0.337 e. The van der Waals surface area contributed by atoms with Crippen LogP contribution in [0.1, 0.15) is 37.4 Å². The summed E-state index contributed by atoms with van der Waals surface area (Å²) in [4.78, 5) is 22.3. The molecule has 1 atom stereocenters. The smallest absolute Gasteiger partial charge is 0.337 e. The zero-order valence-electron chi connectivity index (χ0n) is 18.5. The van der Waals surface area contributed by atoms with E-state index < -0.39 is 22.4 Å². The van der Waals surface area contributed by atoms with Crippen LogP contribution < -0.4 is 4.74 Å². The fourth-order valence-electron chi connectivity index (χ4n) is 4.44. The van der Waals surface area contributed by atoms with E-state index in [1.807, 2.05) is 0 Å². The summed E-state index contributed by atoms with van der Waals surface area (Å²) in [5.41, 5.74) is 0.427. The van der Waals surface area contributed by atoms with Crippen molar-refractivity contribution >= 4 is 46.7 Å². The van der Waals surface area contributed by atoms with Gasteiger partial charge in [0.25, 0.3) is 0 Å². The number of fused-ring (bicyclic) bond motifs is 2. The molecule has 1 unspecified atom stereocenters. The molecule has 0 fully saturated rings. The largest absolute Gasteiger partial charge is 0.507 e. The van der Waals surface area contributed by atoms with Crippen molar-refractivity contribution in [2.45, 2.75) is 4.87 Å². The van der Waals surface area contributed by atoms with Crippen LogP contribution in [0.15, 0.2) is 66.7 Å². The number of carbonyl (C=O) groups is 2. The van der Waals surface area contributed by atoms with Crippen molar-refractivity contribution in [3.63, 3.8) is 0 Å². The van der Waals surface area contributed by atoms with Gasteiger partial charge in [-0.05, 0) is 35.4 Å². The molecule has 1 heterocycles. The van der Waals surface area contributed by atoms with E-state index in [1.165, 1.54) is 24.3 Å². The fourth-order valence-corrected chi connectivity index (χ4v) is 5.35. The Balaban J connectivity index is 1.93. The molecule has 37 heavy (non-hydrogen) atoms. The Morgan fingerprint density at radius 2 is 1.35 bits per heavy atom. The number of halogens is 3. The lowest BCUT2D eigenvalue weighted by atomic mass is 9.78. The van der Waals surface area contributed by atoms with E-state index in [-0.39, 0.29) is 55.3 Å². The van der Waals surface area contributed by atoms with E-state index in [2.05, 4.69) is 0 Å². The molecule has 0 spiro atoms. The standard InChI is InChI=1S/C27H15Cl3O7/c28-18-9-16-23(11-21(18)32)37-22-10-20(31)14(12-4-2-1-3-5-12)8-15(22)27(16,30)17-6-13(25(33)34)7-19(29)24(17)26(35)36/h1-11,31-32H,(H,33,34)(H,35,36). The zero-order chi connectivity index (χ0) is 26.6. The highest BCUT2D eigenvalue weighted by Gasteiger charge is 2.46. The molecule has 0 amide bonds. The Labute approximate surface area is 224 Å². The molecule has 10 heteroatoms. The number of benzene rings is 4. The molecule has 0 aromatic heterocycles. The molecule has 1 aliphatic rings. The van der Waals surface area contributed by atoms with Gasteiger partial charge < -0.3 is 25.2 Å². The predicted octanol–water partition coefficient (Wildman–Crippen LogP) is 7.10. The molecule has 186 valence electrons. The van der Waals surface area contributed by atoms with Crippen LogP contribution in [0.3, 0.4) is 0 Å². The molecule has 4 N–H and O–H groups in total. The zero-order valence-corrected chi connectivity index (χ0v) is 20.8. The van der Waals surface area contributed by atoms with E-state index in [0.717, 1.165) is 12.1 Å². The topological polar surface area (TPSA) is 124 Å². The first kappa shape index (κ1) is 24.8. The van der Waals surface area contributed by atoms with Gasteiger partial charge in [-0.3, -0.25) is 0 Å². The van der Waals surface area contributed by atoms with Crippen LogP contribution in [0, 0.1) is 0 Å².